The first-order valence-electron chi connectivity index (χ1n) is 5.94. The fourth-order valence-corrected chi connectivity index (χ4v) is 2.69. The van der Waals surface area contributed by atoms with E-state index in [0.29, 0.717) is 4.88 Å². The highest BCUT2D eigenvalue weighted by Gasteiger charge is 2.09. The van der Waals surface area contributed by atoms with E-state index in [4.69, 9.17) is 0 Å². The number of hydrogen-bond acceptors (Lipinski definition) is 3. The second-order valence-corrected chi connectivity index (χ2v) is 6.68. The molecule has 2 amide bonds. The van der Waals surface area contributed by atoms with Crippen molar-refractivity contribution in [2.45, 2.75) is 6.92 Å². The molecule has 0 aliphatic carbocycles. The van der Waals surface area contributed by atoms with Gasteiger partial charge in [0.05, 0.1) is 11.4 Å². The van der Waals surface area contributed by atoms with E-state index in [-0.39, 0.29) is 18.4 Å². The van der Waals surface area contributed by atoms with E-state index in [2.05, 4.69) is 33.2 Å². The number of amides is 2. The molecule has 0 unspecified atom stereocenters. The molecular weight excluding hydrogens is 387 g/mol. The first-order chi connectivity index (χ1) is 9.54. The van der Waals surface area contributed by atoms with Gasteiger partial charge in [0.25, 0.3) is 5.91 Å². The zero-order valence-corrected chi connectivity index (χ0v) is 13.7. The zero-order chi connectivity index (χ0) is 14.5. The number of benzene rings is 1. The topological polar surface area (TPSA) is 58.2 Å². The maximum atomic E-state index is 11.8. The molecule has 0 saturated heterocycles. The zero-order valence-electron chi connectivity index (χ0n) is 10.8. The van der Waals surface area contributed by atoms with E-state index in [1.807, 2.05) is 37.3 Å². The van der Waals surface area contributed by atoms with Crippen molar-refractivity contribution < 1.29 is 9.59 Å². The smallest absolute Gasteiger partial charge is 0.261 e. The van der Waals surface area contributed by atoms with Crippen LogP contribution in [0.5, 0.6) is 0 Å². The molecule has 0 saturated carbocycles. The molecule has 2 rings (SSSR count). The van der Waals surface area contributed by atoms with E-state index >= 15 is 0 Å². The largest absolute Gasteiger partial charge is 0.342 e. The van der Waals surface area contributed by atoms with Gasteiger partial charge in [-0.3, -0.25) is 9.59 Å². The van der Waals surface area contributed by atoms with E-state index in [1.165, 1.54) is 11.3 Å². The van der Waals surface area contributed by atoms with Crippen LogP contribution >= 0.6 is 33.9 Å². The quantitative estimate of drug-likeness (QED) is 0.776. The van der Waals surface area contributed by atoms with Crippen LogP contribution in [-0.4, -0.2) is 18.4 Å². The third-order valence-electron chi connectivity index (χ3n) is 2.50. The fraction of sp³-hybridized carbons (Fsp3) is 0.143. The highest BCUT2D eigenvalue weighted by Crippen LogP contribution is 2.14. The molecular formula is C14H13IN2O2S. The van der Waals surface area contributed by atoms with Crippen LogP contribution in [0.4, 0.5) is 5.69 Å². The number of aryl methyl sites for hydroxylation is 1. The van der Waals surface area contributed by atoms with Crippen LogP contribution in [0.1, 0.15) is 14.5 Å². The van der Waals surface area contributed by atoms with Gasteiger partial charge in [0.15, 0.2) is 0 Å². The molecule has 1 heterocycles. The first-order valence-corrected chi connectivity index (χ1v) is 7.84. The Hall–Kier alpha value is -1.41. The number of carbonyl (C=O) groups is 2. The van der Waals surface area contributed by atoms with Crippen LogP contribution in [0.2, 0.25) is 0 Å². The molecule has 2 aromatic rings. The Morgan fingerprint density at radius 1 is 1.15 bits per heavy atom. The minimum atomic E-state index is -0.243. The molecule has 1 aromatic carbocycles. The van der Waals surface area contributed by atoms with Crippen LogP contribution in [0.3, 0.4) is 0 Å². The van der Waals surface area contributed by atoms with Crippen molar-refractivity contribution in [1.29, 1.82) is 0 Å². The lowest BCUT2D eigenvalue weighted by molar-refractivity contribution is -0.115. The molecule has 0 aliphatic heterocycles. The van der Waals surface area contributed by atoms with Gasteiger partial charge in [-0.05, 0) is 65.9 Å². The van der Waals surface area contributed by atoms with Crippen molar-refractivity contribution in [1.82, 2.24) is 5.32 Å². The summed E-state index contributed by atoms with van der Waals surface area (Å²) in [6, 6.07) is 11.1. The van der Waals surface area contributed by atoms with Crippen LogP contribution in [0.25, 0.3) is 0 Å². The average molecular weight is 400 g/mol. The monoisotopic (exact) mass is 400 g/mol. The molecule has 0 radical (unpaired) electrons. The lowest BCUT2D eigenvalue weighted by atomic mass is 10.3. The number of rotatable bonds is 4. The molecule has 0 spiro atoms. The van der Waals surface area contributed by atoms with Gasteiger partial charge in [0.2, 0.25) is 5.91 Å². The molecule has 0 atom stereocenters. The fourth-order valence-electron chi connectivity index (χ4n) is 1.54. The summed E-state index contributed by atoms with van der Waals surface area (Å²) in [4.78, 5) is 25.2. The normalized spacial score (nSPS) is 10.1. The lowest BCUT2D eigenvalue weighted by Crippen LogP contribution is -2.32. The highest BCUT2D eigenvalue weighted by atomic mass is 127. The second-order valence-electron chi connectivity index (χ2n) is 4.15. The molecule has 0 aliphatic rings. The van der Waals surface area contributed by atoms with Crippen molar-refractivity contribution >= 4 is 51.4 Å². The summed E-state index contributed by atoms with van der Waals surface area (Å²) in [6.07, 6.45) is 0. The minimum absolute atomic E-state index is 0.0399. The van der Waals surface area contributed by atoms with Crippen LogP contribution < -0.4 is 10.6 Å². The minimum Gasteiger partial charge on any atom is -0.342 e. The van der Waals surface area contributed by atoms with Crippen LogP contribution in [0, 0.1) is 10.5 Å². The Balaban J connectivity index is 1.83. The molecule has 4 nitrogen and oxygen atoms in total. The number of hydrogen-bond donors (Lipinski definition) is 2. The molecule has 6 heteroatoms. The highest BCUT2D eigenvalue weighted by molar-refractivity contribution is 14.1. The van der Waals surface area contributed by atoms with E-state index in [0.717, 1.165) is 14.1 Å². The molecule has 1 aromatic heterocycles. The van der Waals surface area contributed by atoms with Gasteiger partial charge in [0.1, 0.15) is 0 Å². The Labute approximate surface area is 134 Å². The maximum Gasteiger partial charge on any atom is 0.261 e. The number of halogens is 1. The van der Waals surface area contributed by atoms with Crippen LogP contribution in [0.15, 0.2) is 36.4 Å². The van der Waals surface area contributed by atoms with Gasteiger partial charge in [-0.25, -0.2) is 0 Å². The van der Waals surface area contributed by atoms with E-state index in [1.54, 1.807) is 6.07 Å². The second kappa shape index (κ2) is 6.85. The third-order valence-corrected chi connectivity index (χ3v) is 4.22. The summed E-state index contributed by atoms with van der Waals surface area (Å²) in [6.45, 7) is 1.90. The molecule has 20 heavy (non-hydrogen) atoms. The van der Waals surface area contributed by atoms with Gasteiger partial charge in [-0.2, -0.15) is 0 Å². The predicted octanol–water partition coefficient (Wildman–Crippen LogP) is 3.03. The first kappa shape index (κ1) is 15.0. The number of nitrogens with one attached hydrogen (secondary N) is 2. The number of anilines is 1. The van der Waals surface area contributed by atoms with Crippen LogP contribution in [-0.2, 0) is 4.79 Å². The summed E-state index contributed by atoms with van der Waals surface area (Å²) in [7, 11) is 0. The van der Waals surface area contributed by atoms with E-state index < -0.39 is 0 Å². The van der Waals surface area contributed by atoms with Gasteiger partial charge in [0, 0.05) is 14.1 Å². The average Bonchev–Trinajstić information content (AvgIpc) is 2.85. The summed E-state index contributed by atoms with van der Waals surface area (Å²) >= 11 is 3.60. The standard InChI is InChI=1S/C14H13IN2O2S/c1-9-2-7-12(20-9)14(19)16-8-13(18)17-11-5-3-10(15)4-6-11/h2-7H,8H2,1H3,(H,16,19)(H,17,18). The Kier molecular flexibility index (Phi) is 5.13. The summed E-state index contributed by atoms with van der Waals surface area (Å²) < 4.78 is 1.10. The molecule has 0 bridgehead atoms. The molecule has 0 fully saturated rings. The Morgan fingerprint density at radius 2 is 1.85 bits per heavy atom. The van der Waals surface area contributed by atoms with Gasteiger partial charge >= 0.3 is 0 Å². The Bertz CT molecular complexity index is 622. The summed E-state index contributed by atoms with van der Waals surface area (Å²) in [5.41, 5.74) is 0.719. The maximum absolute atomic E-state index is 11.8. The summed E-state index contributed by atoms with van der Waals surface area (Å²) in [5, 5.41) is 5.33. The van der Waals surface area contributed by atoms with Gasteiger partial charge in [-0.15, -0.1) is 11.3 Å². The predicted molar refractivity (Wildman–Crippen MR) is 89.2 cm³/mol. The van der Waals surface area contributed by atoms with Crippen molar-refractivity contribution in [3.63, 3.8) is 0 Å². The third kappa shape index (κ3) is 4.31. The SMILES string of the molecule is Cc1ccc(C(=O)NCC(=O)Nc2ccc(I)cc2)s1. The van der Waals surface area contributed by atoms with Crippen molar-refractivity contribution in [2.75, 3.05) is 11.9 Å². The molecule has 104 valence electrons. The van der Waals surface area contributed by atoms with Crippen molar-refractivity contribution in [3.05, 3.63) is 49.7 Å². The molecule has 2 N–H and O–H groups in total. The number of thiophene rings is 1. The summed E-state index contributed by atoms with van der Waals surface area (Å²) in [5.74, 6) is -0.464. The van der Waals surface area contributed by atoms with Crippen molar-refractivity contribution in [2.24, 2.45) is 0 Å². The van der Waals surface area contributed by atoms with E-state index in [9.17, 15) is 9.59 Å². The number of carbonyl (C=O) groups excluding carboxylic acids is 2. The van der Waals surface area contributed by atoms with Gasteiger partial charge in [-0.1, -0.05) is 0 Å². The van der Waals surface area contributed by atoms with Crippen molar-refractivity contribution in [3.8, 4) is 0 Å². The van der Waals surface area contributed by atoms with Gasteiger partial charge < -0.3 is 10.6 Å². The lowest BCUT2D eigenvalue weighted by Gasteiger charge is -2.06. The Morgan fingerprint density at radius 3 is 2.45 bits per heavy atom.